The quantitative estimate of drug-likeness (QED) is 0.623. The average molecular weight is 454 g/mol. The number of unbranched alkanes of at least 4 members (excludes halogenated alkanes) is 1. The fraction of sp³-hybridized carbons (Fsp3) is 0.650. The van der Waals surface area contributed by atoms with Crippen molar-refractivity contribution in [2.75, 3.05) is 57.3 Å². The Bertz CT molecular complexity index is 562. The van der Waals surface area contributed by atoms with Crippen LogP contribution in [-0.4, -0.2) is 63.2 Å². The van der Waals surface area contributed by atoms with Gasteiger partial charge in [-0.3, -0.25) is 9.69 Å². The second kappa shape index (κ2) is 14.3. The molecule has 0 aromatic heterocycles. The Morgan fingerprint density at radius 1 is 1.14 bits per heavy atom. The summed E-state index contributed by atoms with van der Waals surface area (Å²) in [5.74, 6) is 0.423. The van der Waals surface area contributed by atoms with Gasteiger partial charge < -0.3 is 15.5 Å². The minimum Gasteiger partial charge on any atom is -0.369 e. The van der Waals surface area contributed by atoms with E-state index in [1.807, 2.05) is 0 Å². The third-order valence-corrected chi connectivity index (χ3v) is 5.37. The Morgan fingerprint density at radius 3 is 2.54 bits per heavy atom. The summed E-state index contributed by atoms with van der Waals surface area (Å²) in [6, 6.07) is 8.79. The molecule has 0 spiro atoms. The van der Waals surface area contributed by atoms with Crippen LogP contribution in [0.25, 0.3) is 0 Å². The summed E-state index contributed by atoms with van der Waals surface area (Å²) in [7, 11) is 0. The van der Waals surface area contributed by atoms with E-state index in [1.54, 1.807) is 0 Å². The highest BCUT2D eigenvalue weighted by molar-refractivity contribution is 5.86. The molecule has 2 saturated heterocycles. The van der Waals surface area contributed by atoms with Crippen molar-refractivity contribution in [2.24, 2.45) is 5.92 Å². The van der Waals surface area contributed by atoms with E-state index in [0.717, 1.165) is 71.6 Å². The molecule has 0 bridgehead atoms. The fourth-order valence-electron chi connectivity index (χ4n) is 3.75. The molecule has 2 N–H and O–H groups in total. The van der Waals surface area contributed by atoms with E-state index >= 15 is 0 Å². The number of nitrogens with one attached hydrogen (secondary N) is 2. The molecule has 0 radical (unpaired) electrons. The summed E-state index contributed by atoms with van der Waals surface area (Å²) in [6.45, 7) is 10.4. The van der Waals surface area contributed by atoms with Crippen molar-refractivity contribution in [1.29, 1.82) is 0 Å². The summed E-state index contributed by atoms with van der Waals surface area (Å²) in [6.07, 6.45) is 3.22. The lowest BCUT2D eigenvalue weighted by atomic mass is 10.1. The number of benzene rings is 1. The number of hydrogen-bond acceptors (Lipinski definition) is 4. The van der Waals surface area contributed by atoms with Crippen LogP contribution < -0.4 is 15.5 Å². The fourth-order valence-corrected chi connectivity index (χ4v) is 3.75. The number of hydrogen-bond donors (Lipinski definition) is 2. The van der Waals surface area contributed by atoms with Crippen molar-refractivity contribution in [2.45, 2.75) is 26.2 Å². The monoisotopic (exact) mass is 452 g/mol. The molecular formula is C20H35Cl3N4O. The third-order valence-electron chi connectivity index (χ3n) is 5.37. The molecule has 0 saturated carbocycles. The van der Waals surface area contributed by atoms with E-state index in [1.165, 1.54) is 11.3 Å². The van der Waals surface area contributed by atoms with E-state index in [-0.39, 0.29) is 49.0 Å². The topological polar surface area (TPSA) is 47.6 Å². The second-order valence-corrected chi connectivity index (χ2v) is 7.36. The molecule has 1 aromatic rings. The highest BCUT2D eigenvalue weighted by Gasteiger charge is 2.21. The molecule has 1 atom stereocenters. The maximum absolute atomic E-state index is 11.9. The molecule has 1 unspecified atom stereocenters. The molecule has 2 aliphatic heterocycles. The second-order valence-electron chi connectivity index (χ2n) is 7.36. The molecule has 5 nitrogen and oxygen atoms in total. The van der Waals surface area contributed by atoms with Crippen molar-refractivity contribution in [3.63, 3.8) is 0 Å². The maximum Gasteiger partial charge on any atom is 0.224 e. The predicted octanol–water partition coefficient (Wildman–Crippen LogP) is 2.89. The standard InChI is InChI=1S/C20H32N4O.3ClH/c1-17-5-4-6-19(15-17)24-13-11-23(12-14-24)10-3-2-8-22-20(25)18-7-9-21-16-18;;;/h4-6,15,18,21H,2-3,7-14,16H2,1H3,(H,22,25);3*1H. The van der Waals surface area contributed by atoms with Crippen molar-refractivity contribution in [1.82, 2.24) is 15.5 Å². The summed E-state index contributed by atoms with van der Waals surface area (Å²) < 4.78 is 0. The lowest BCUT2D eigenvalue weighted by Gasteiger charge is -2.36. The summed E-state index contributed by atoms with van der Waals surface area (Å²) >= 11 is 0. The van der Waals surface area contributed by atoms with Crippen LogP contribution in [0, 0.1) is 12.8 Å². The van der Waals surface area contributed by atoms with Crippen LogP contribution in [0.3, 0.4) is 0 Å². The summed E-state index contributed by atoms with van der Waals surface area (Å²) in [5.41, 5.74) is 2.68. The van der Waals surface area contributed by atoms with Gasteiger partial charge in [-0.1, -0.05) is 12.1 Å². The molecule has 2 fully saturated rings. The average Bonchev–Trinajstić information content (AvgIpc) is 3.17. The van der Waals surface area contributed by atoms with Crippen LogP contribution >= 0.6 is 37.2 Å². The Labute approximate surface area is 188 Å². The molecule has 1 aromatic carbocycles. The molecule has 8 heteroatoms. The molecule has 2 aliphatic rings. The van der Waals surface area contributed by atoms with E-state index in [9.17, 15) is 4.79 Å². The predicted molar refractivity (Wildman–Crippen MR) is 125 cm³/mol. The Balaban J connectivity index is 0.00000243. The largest absolute Gasteiger partial charge is 0.369 e. The maximum atomic E-state index is 11.9. The minimum atomic E-state index is 0. The van der Waals surface area contributed by atoms with Crippen molar-refractivity contribution < 1.29 is 4.79 Å². The van der Waals surface area contributed by atoms with Gasteiger partial charge in [0.2, 0.25) is 5.91 Å². The van der Waals surface area contributed by atoms with Gasteiger partial charge >= 0.3 is 0 Å². The lowest BCUT2D eigenvalue weighted by Crippen LogP contribution is -2.46. The Hall–Kier alpha value is -0.720. The Morgan fingerprint density at radius 2 is 1.89 bits per heavy atom. The van der Waals surface area contributed by atoms with E-state index < -0.39 is 0 Å². The number of anilines is 1. The molecule has 0 aliphatic carbocycles. The van der Waals surface area contributed by atoms with Gasteiger partial charge in [0.1, 0.15) is 0 Å². The number of carbonyl (C=O) groups excluding carboxylic acids is 1. The van der Waals surface area contributed by atoms with Crippen LogP contribution in [0.4, 0.5) is 5.69 Å². The van der Waals surface area contributed by atoms with Gasteiger partial charge in [0.25, 0.3) is 0 Å². The molecule has 2 heterocycles. The molecule has 162 valence electrons. The molecule has 1 amide bonds. The summed E-state index contributed by atoms with van der Waals surface area (Å²) in [4.78, 5) is 17.0. The Kier molecular flexibility index (Phi) is 13.9. The SMILES string of the molecule is Cc1cccc(N2CCN(CCCCNC(=O)C3CCNC3)CC2)c1.Cl.Cl.Cl. The zero-order valence-corrected chi connectivity index (χ0v) is 19.1. The van der Waals surface area contributed by atoms with Gasteiger partial charge in [0, 0.05) is 45.0 Å². The first-order chi connectivity index (χ1) is 12.2. The smallest absolute Gasteiger partial charge is 0.224 e. The van der Waals surface area contributed by atoms with Crippen molar-refractivity contribution >= 4 is 48.8 Å². The lowest BCUT2D eigenvalue weighted by molar-refractivity contribution is -0.124. The summed E-state index contributed by atoms with van der Waals surface area (Å²) in [5, 5.41) is 6.34. The number of amides is 1. The number of halogens is 3. The highest BCUT2D eigenvalue weighted by Crippen LogP contribution is 2.17. The first-order valence-electron chi connectivity index (χ1n) is 9.75. The minimum absolute atomic E-state index is 0. The van der Waals surface area contributed by atoms with Crippen LogP contribution in [0.1, 0.15) is 24.8 Å². The molecule has 3 rings (SSSR count). The van der Waals surface area contributed by atoms with Gasteiger partial charge in [-0.2, -0.15) is 0 Å². The van der Waals surface area contributed by atoms with Gasteiger partial charge in [0.05, 0.1) is 5.92 Å². The number of rotatable bonds is 7. The van der Waals surface area contributed by atoms with Gasteiger partial charge in [-0.25, -0.2) is 0 Å². The van der Waals surface area contributed by atoms with Gasteiger partial charge in [-0.05, 0) is 57.0 Å². The van der Waals surface area contributed by atoms with Gasteiger partial charge in [-0.15, -0.1) is 37.2 Å². The van der Waals surface area contributed by atoms with E-state index in [4.69, 9.17) is 0 Å². The van der Waals surface area contributed by atoms with Crippen LogP contribution in [0.15, 0.2) is 24.3 Å². The number of aryl methyl sites for hydroxylation is 1. The molecular weight excluding hydrogens is 419 g/mol. The van der Waals surface area contributed by atoms with Crippen LogP contribution in [0.2, 0.25) is 0 Å². The van der Waals surface area contributed by atoms with Crippen LogP contribution in [0.5, 0.6) is 0 Å². The van der Waals surface area contributed by atoms with Gasteiger partial charge in [0.15, 0.2) is 0 Å². The van der Waals surface area contributed by atoms with E-state index in [2.05, 4.69) is 51.6 Å². The third kappa shape index (κ3) is 8.34. The zero-order valence-electron chi connectivity index (χ0n) is 16.7. The molecule has 28 heavy (non-hydrogen) atoms. The van der Waals surface area contributed by atoms with Crippen molar-refractivity contribution in [3.8, 4) is 0 Å². The normalized spacial score (nSPS) is 19.2. The number of piperazine rings is 1. The number of carbonyl (C=O) groups is 1. The zero-order chi connectivity index (χ0) is 17.5. The first kappa shape index (κ1) is 27.3. The highest BCUT2D eigenvalue weighted by atomic mass is 35.5. The van der Waals surface area contributed by atoms with E-state index in [0.29, 0.717) is 0 Å². The van der Waals surface area contributed by atoms with Crippen molar-refractivity contribution in [3.05, 3.63) is 29.8 Å². The number of nitrogens with zero attached hydrogens (tertiary/aromatic N) is 2. The first-order valence-corrected chi connectivity index (χ1v) is 9.75. The van der Waals surface area contributed by atoms with Crippen LogP contribution in [-0.2, 0) is 4.79 Å².